The van der Waals surface area contributed by atoms with E-state index in [1.54, 1.807) is 54.7 Å². The van der Waals surface area contributed by atoms with Crippen molar-refractivity contribution >= 4 is 46.7 Å². The van der Waals surface area contributed by atoms with Gasteiger partial charge in [0.05, 0.1) is 61.4 Å². The number of benzene rings is 3. The van der Waals surface area contributed by atoms with Crippen LogP contribution in [0.2, 0.25) is 10.0 Å². The minimum absolute atomic E-state index is 0.0552. The fourth-order valence-electron chi connectivity index (χ4n) is 9.38. The summed E-state index contributed by atoms with van der Waals surface area (Å²) in [5.41, 5.74) is 1.13. The van der Waals surface area contributed by atoms with E-state index < -0.39 is 91.3 Å². The number of hydrogen-bond acceptors (Lipinski definition) is 8. The monoisotopic (exact) mass is 970 g/mol. The molecule has 2 aliphatic heterocycles. The second-order valence-corrected chi connectivity index (χ2v) is 19.4. The molecular weight excluding hydrogens is 915 g/mol. The number of imidazole rings is 1. The third kappa shape index (κ3) is 11.8. The molecule has 1 saturated carbocycles. The van der Waals surface area contributed by atoms with Gasteiger partial charge < -0.3 is 29.5 Å². The smallest absolute Gasteiger partial charge is 0.389 e. The van der Waals surface area contributed by atoms with Gasteiger partial charge >= 0.3 is 6.18 Å². The van der Waals surface area contributed by atoms with E-state index in [0.717, 1.165) is 47.4 Å². The highest BCUT2D eigenvalue weighted by atomic mass is 35.5. The second-order valence-electron chi connectivity index (χ2n) is 18.5. The number of aromatic nitrogens is 2. The van der Waals surface area contributed by atoms with Crippen molar-refractivity contribution in [3.63, 3.8) is 0 Å². The molecule has 3 amide bonds. The summed E-state index contributed by atoms with van der Waals surface area (Å²) >= 11 is 12.4. The van der Waals surface area contributed by atoms with E-state index in [1.165, 1.54) is 17.9 Å². The molecule has 3 heterocycles. The van der Waals surface area contributed by atoms with E-state index in [-0.39, 0.29) is 47.1 Å². The van der Waals surface area contributed by atoms with Crippen LogP contribution in [0.3, 0.4) is 0 Å². The lowest BCUT2D eigenvalue weighted by Gasteiger charge is -2.45. The van der Waals surface area contributed by atoms with Crippen molar-refractivity contribution in [2.24, 2.45) is 18.9 Å². The van der Waals surface area contributed by atoms with Gasteiger partial charge in [-0.2, -0.15) is 13.2 Å². The quantitative estimate of drug-likeness (QED) is 0.127. The number of aliphatic hydroxyl groups excluding tert-OH is 1. The third-order valence-corrected chi connectivity index (χ3v) is 14.1. The van der Waals surface area contributed by atoms with Crippen molar-refractivity contribution in [2.45, 2.75) is 109 Å². The first kappa shape index (κ1) is 49.9. The highest BCUT2D eigenvalue weighted by Gasteiger charge is 2.46. The maximum atomic E-state index is 16.2. The number of ketones is 1. The molecule has 2 N–H and O–H groups in total. The van der Waals surface area contributed by atoms with Gasteiger partial charge in [-0.25, -0.2) is 9.37 Å². The fourth-order valence-corrected chi connectivity index (χ4v) is 9.70. The zero-order chi connectivity index (χ0) is 48.4. The standard InChI is InChI=1S/C49H56Cl2F4N6O6/c1-5-60(47(3)16-17-47)27-43-56-25-40(58(43)4)32-9-13-37(14-10-32)67-42-22-36(51)21-39(52)38(42)26-61-30(2)41(63)19-34(28-62)45(65)57-48(23-31-7-11-35(50)12-8-31)15-6-18-59(29-48)46(66)33(20-44(61)64)24-49(53,54)55/h7-14,21-22,25,30,33-34,62H,5-6,15-20,23-24,26-29H2,1-4H3,(H,57,65)/t30-,33-,34-,48+/m0/s1. The summed E-state index contributed by atoms with van der Waals surface area (Å²) in [6, 6.07) is 14.5. The maximum Gasteiger partial charge on any atom is 0.389 e. The van der Waals surface area contributed by atoms with E-state index >= 15 is 4.39 Å². The second kappa shape index (κ2) is 20.3. The molecule has 12 nitrogen and oxygen atoms in total. The van der Waals surface area contributed by atoms with Crippen LogP contribution in [-0.2, 0) is 45.7 Å². The molecule has 67 heavy (non-hydrogen) atoms. The van der Waals surface area contributed by atoms with Crippen molar-refractivity contribution in [3.8, 4) is 22.8 Å². The predicted molar refractivity (Wildman–Crippen MR) is 245 cm³/mol. The van der Waals surface area contributed by atoms with E-state index in [2.05, 4.69) is 24.1 Å². The van der Waals surface area contributed by atoms with Crippen LogP contribution < -0.4 is 10.1 Å². The van der Waals surface area contributed by atoms with Crippen molar-refractivity contribution in [1.29, 1.82) is 0 Å². The van der Waals surface area contributed by atoms with Crippen molar-refractivity contribution < 1.29 is 46.6 Å². The first-order valence-electron chi connectivity index (χ1n) is 22.6. The molecule has 2 bridgehead atoms. The lowest BCUT2D eigenvalue weighted by Crippen LogP contribution is -2.63. The number of piperidine rings is 1. The Balaban J connectivity index is 1.18. The SMILES string of the molecule is CCN(Cc1ncc(-c2ccc(Oc3cc(Cl)cc(F)c3CN3C(=O)C[C@@H](CC(F)(F)F)C(=O)N4CCC[C@@](Cc5ccc(Cl)cc5)(C4)NC(=O)[C@H](CO)CC(=O)[C@@H]3C)cc2)n1C)C1(C)CC1. The van der Waals surface area contributed by atoms with E-state index in [9.17, 15) is 37.5 Å². The Morgan fingerprint density at radius 3 is 2.31 bits per heavy atom. The molecule has 1 aromatic heterocycles. The van der Waals surface area contributed by atoms with Gasteiger partial charge in [0.1, 0.15) is 23.1 Å². The normalized spacial score (nSPS) is 22.8. The molecule has 3 fully saturated rings. The van der Waals surface area contributed by atoms with Crippen LogP contribution in [0.4, 0.5) is 17.6 Å². The number of nitrogens with one attached hydrogen (secondary N) is 1. The van der Waals surface area contributed by atoms with Crippen LogP contribution in [-0.4, -0.2) is 102 Å². The van der Waals surface area contributed by atoms with E-state index in [1.807, 2.05) is 11.6 Å². The molecule has 0 unspecified atom stereocenters. The number of aliphatic hydroxyl groups is 1. The summed E-state index contributed by atoms with van der Waals surface area (Å²) < 4.78 is 67.4. The molecule has 3 aromatic carbocycles. The average molecular weight is 972 g/mol. The molecule has 4 atom stereocenters. The number of carbonyl (C=O) groups excluding carboxylic acids is 4. The summed E-state index contributed by atoms with van der Waals surface area (Å²) in [6.07, 6.45) is -3.20. The summed E-state index contributed by atoms with van der Waals surface area (Å²) in [5.74, 6) is -6.57. The highest BCUT2D eigenvalue weighted by molar-refractivity contribution is 6.31. The van der Waals surface area contributed by atoms with Gasteiger partial charge in [0.2, 0.25) is 17.7 Å². The Hall–Kier alpha value is -5.03. The molecular formula is C49H56Cl2F4N6O6. The summed E-state index contributed by atoms with van der Waals surface area (Å²) in [7, 11) is 1.95. The van der Waals surface area contributed by atoms with Crippen LogP contribution in [0.5, 0.6) is 11.5 Å². The summed E-state index contributed by atoms with van der Waals surface area (Å²) in [6.45, 7) is 5.69. The maximum absolute atomic E-state index is 16.2. The molecule has 1 aliphatic carbocycles. The van der Waals surface area contributed by atoms with E-state index in [4.69, 9.17) is 32.9 Å². The zero-order valence-electron chi connectivity index (χ0n) is 38.0. The molecule has 4 aromatic rings. The van der Waals surface area contributed by atoms with Gasteiger partial charge in [0.15, 0.2) is 5.78 Å². The summed E-state index contributed by atoms with van der Waals surface area (Å²) in [5, 5.41) is 13.8. The molecule has 0 spiro atoms. The lowest BCUT2D eigenvalue weighted by molar-refractivity contribution is -0.164. The minimum Gasteiger partial charge on any atom is -0.457 e. The van der Waals surface area contributed by atoms with Crippen LogP contribution in [0, 0.1) is 17.7 Å². The lowest BCUT2D eigenvalue weighted by atomic mass is 9.81. The van der Waals surface area contributed by atoms with Gasteiger partial charge in [0, 0.05) is 59.7 Å². The van der Waals surface area contributed by atoms with Crippen molar-refractivity contribution in [2.75, 3.05) is 26.2 Å². The first-order chi connectivity index (χ1) is 31.7. The largest absolute Gasteiger partial charge is 0.457 e. The third-order valence-electron chi connectivity index (χ3n) is 13.6. The summed E-state index contributed by atoms with van der Waals surface area (Å²) in [4.78, 5) is 66.2. The van der Waals surface area contributed by atoms with Crippen LogP contribution in [0.1, 0.15) is 82.7 Å². The number of fused-ring (bicyclic) bond motifs is 2. The molecule has 360 valence electrons. The molecule has 7 rings (SSSR count). The number of hydrogen-bond donors (Lipinski definition) is 2. The van der Waals surface area contributed by atoms with Gasteiger partial charge in [-0.1, -0.05) is 42.3 Å². The van der Waals surface area contributed by atoms with Gasteiger partial charge in [0.25, 0.3) is 0 Å². The van der Waals surface area contributed by atoms with Crippen LogP contribution >= 0.6 is 23.2 Å². The first-order valence-corrected chi connectivity index (χ1v) is 23.3. The zero-order valence-corrected chi connectivity index (χ0v) is 39.5. The van der Waals surface area contributed by atoms with Crippen molar-refractivity contribution in [1.82, 2.24) is 29.6 Å². The average Bonchev–Trinajstić information content (AvgIpc) is 3.92. The van der Waals surface area contributed by atoms with Gasteiger partial charge in [-0.05, 0) is 107 Å². The predicted octanol–water partition coefficient (Wildman–Crippen LogP) is 8.68. The number of alkyl halides is 3. The number of rotatable bonds is 13. The number of halogens is 6. The number of amides is 3. The minimum atomic E-state index is -4.88. The fraction of sp³-hybridized carbons (Fsp3) is 0.490. The number of Topliss-reactive ketones (excluding diaryl/α,β-unsaturated/α-hetero) is 1. The Morgan fingerprint density at radius 2 is 1.67 bits per heavy atom. The Kier molecular flexibility index (Phi) is 15.1. The van der Waals surface area contributed by atoms with Crippen LogP contribution in [0.25, 0.3) is 11.3 Å². The molecule has 0 radical (unpaired) electrons. The number of carbonyl (C=O) groups is 4. The number of nitrogens with zero attached hydrogens (tertiary/aromatic N) is 5. The van der Waals surface area contributed by atoms with Gasteiger partial charge in [-0.3, -0.25) is 24.1 Å². The topological polar surface area (TPSA) is 137 Å². The molecule has 18 heteroatoms. The highest BCUT2D eigenvalue weighted by Crippen LogP contribution is 2.42. The Bertz CT molecular complexity index is 2460. The molecule has 3 aliphatic rings. The van der Waals surface area contributed by atoms with Crippen molar-refractivity contribution in [3.05, 3.63) is 99.7 Å². The Labute approximate surface area is 397 Å². The Morgan fingerprint density at radius 1 is 0.970 bits per heavy atom. The van der Waals surface area contributed by atoms with Gasteiger partial charge in [-0.15, -0.1) is 0 Å². The molecule has 2 saturated heterocycles. The van der Waals surface area contributed by atoms with E-state index in [0.29, 0.717) is 30.0 Å². The number of ether oxygens (including phenoxy) is 1. The van der Waals surface area contributed by atoms with Crippen LogP contribution in [0.15, 0.2) is 66.9 Å².